The summed E-state index contributed by atoms with van der Waals surface area (Å²) in [6.07, 6.45) is 1.59. The summed E-state index contributed by atoms with van der Waals surface area (Å²) >= 11 is 0. The zero-order valence-corrected chi connectivity index (χ0v) is 27.4. The molecule has 0 unspecified atom stereocenters. The maximum atomic E-state index is 13.6. The fourth-order valence-corrected chi connectivity index (χ4v) is 7.82. The Morgan fingerprint density at radius 2 is 1.56 bits per heavy atom. The van der Waals surface area contributed by atoms with Gasteiger partial charge < -0.3 is 21.1 Å². The third kappa shape index (κ3) is 8.48. The van der Waals surface area contributed by atoms with E-state index in [1.54, 1.807) is 41.3 Å². The summed E-state index contributed by atoms with van der Waals surface area (Å²) in [5, 5.41) is 21.3. The van der Waals surface area contributed by atoms with Crippen molar-refractivity contribution in [3.05, 3.63) is 102 Å². The highest BCUT2D eigenvalue weighted by atomic mass is 32.2. The smallest absolute Gasteiger partial charge is 0.335 e. The van der Waals surface area contributed by atoms with Crippen molar-refractivity contribution >= 4 is 54.3 Å². The van der Waals surface area contributed by atoms with Crippen LogP contribution in [0.4, 0.5) is 5.69 Å². The van der Waals surface area contributed by atoms with Crippen molar-refractivity contribution in [1.82, 2.24) is 14.9 Å². The minimum absolute atomic E-state index is 0.00419. The van der Waals surface area contributed by atoms with E-state index in [-0.39, 0.29) is 45.9 Å². The molecule has 2 atom stereocenters. The fourth-order valence-electron chi connectivity index (χ4n) is 5.53. The molecule has 0 spiro atoms. The second-order valence-electron chi connectivity index (χ2n) is 11.6. The summed E-state index contributed by atoms with van der Waals surface area (Å²) in [5.41, 5.74) is 6.38. The molecule has 0 aromatic heterocycles. The van der Waals surface area contributed by atoms with Gasteiger partial charge in [0.1, 0.15) is 6.04 Å². The Labute approximate surface area is 278 Å². The lowest BCUT2D eigenvalue weighted by atomic mass is 9.98. The number of amides is 1. The highest BCUT2D eigenvalue weighted by Crippen LogP contribution is 2.22. The van der Waals surface area contributed by atoms with Crippen LogP contribution in [0.3, 0.4) is 0 Å². The summed E-state index contributed by atoms with van der Waals surface area (Å²) in [5.74, 6) is -1.72. The number of hydrogen-bond donors (Lipinski definition) is 6. The number of nitrogens with two attached hydrogens (primary N) is 1. The lowest BCUT2D eigenvalue weighted by Gasteiger charge is -2.33. The first kappa shape index (κ1) is 34.3. The quantitative estimate of drug-likeness (QED) is 0.0950. The molecule has 0 saturated carbocycles. The summed E-state index contributed by atoms with van der Waals surface area (Å²) in [4.78, 5) is 26.3. The average Bonchev–Trinajstić information content (AvgIpc) is 3.07. The van der Waals surface area contributed by atoms with Crippen molar-refractivity contribution in [2.75, 3.05) is 24.4 Å². The number of carbonyl (C=O) groups is 2. The number of sulfonamides is 2. The molecule has 1 heterocycles. The minimum Gasteiger partial charge on any atom is -0.478 e. The summed E-state index contributed by atoms with van der Waals surface area (Å²) < 4.78 is 57.8. The molecule has 1 aliphatic heterocycles. The van der Waals surface area contributed by atoms with E-state index in [4.69, 9.17) is 16.2 Å². The van der Waals surface area contributed by atoms with Crippen molar-refractivity contribution in [2.45, 2.75) is 35.1 Å². The van der Waals surface area contributed by atoms with E-state index in [1.807, 2.05) is 12.1 Å². The molecule has 1 fully saturated rings. The number of guanidine groups is 1. The minimum atomic E-state index is -4.14. The van der Waals surface area contributed by atoms with E-state index in [1.165, 1.54) is 42.5 Å². The highest BCUT2D eigenvalue weighted by molar-refractivity contribution is 7.92. The Bertz CT molecular complexity index is 2040. The van der Waals surface area contributed by atoms with Gasteiger partial charge in [-0.05, 0) is 90.0 Å². The van der Waals surface area contributed by atoms with Crippen LogP contribution in [-0.2, 0) is 31.3 Å². The van der Waals surface area contributed by atoms with Crippen LogP contribution in [0.2, 0.25) is 0 Å². The highest BCUT2D eigenvalue weighted by Gasteiger charge is 2.28. The Kier molecular flexibility index (Phi) is 10.3. The van der Waals surface area contributed by atoms with Crippen molar-refractivity contribution in [1.29, 1.82) is 5.41 Å². The monoisotopic (exact) mass is 692 g/mol. The zero-order chi connectivity index (χ0) is 34.5. The molecule has 4 aromatic carbocycles. The molecule has 252 valence electrons. The Hall–Kier alpha value is -4.99. The molecular weight excluding hydrogens is 657 g/mol. The summed E-state index contributed by atoms with van der Waals surface area (Å²) in [6, 6.07) is 21.8. The van der Waals surface area contributed by atoms with Crippen LogP contribution in [0.1, 0.15) is 28.8 Å². The normalized spacial score (nSPS) is 15.8. The van der Waals surface area contributed by atoms with Crippen LogP contribution in [-0.4, -0.2) is 70.4 Å². The number of likely N-dealkylation sites (tertiary alicyclic amines) is 1. The van der Waals surface area contributed by atoms with E-state index < -0.39 is 38.0 Å². The lowest BCUT2D eigenvalue weighted by Crippen LogP contribution is -2.51. The predicted molar refractivity (Wildman–Crippen MR) is 182 cm³/mol. The van der Waals surface area contributed by atoms with Gasteiger partial charge in [-0.1, -0.05) is 42.5 Å². The largest absolute Gasteiger partial charge is 0.478 e. The molecule has 7 N–H and O–H groups in total. The first-order valence-electron chi connectivity index (χ1n) is 15.1. The van der Waals surface area contributed by atoms with Crippen LogP contribution in [0.5, 0.6) is 0 Å². The van der Waals surface area contributed by atoms with Crippen LogP contribution in [0, 0.1) is 11.3 Å². The number of piperidine rings is 1. The van der Waals surface area contributed by atoms with Gasteiger partial charge in [-0.25, -0.2) is 21.6 Å². The van der Waals surface area contributed by atoms with Crippen LogP contribution in [0.15, 0.2) is 101 Å². The number of anilines is 1. The third-order valence-electron chi connectivity index (χ3n) is 8.13. The maximum absolute atomic E-state index is 13.6. The number of carboxylic acid groups (broad SMARTS) is 1. The van der Waals surface area contributed by atoms with Gasteiger partial charge in [-0.3, -0.25) is 14.9 Å². The summed E-state index contributed by atoms with van der Waals surface area (Å²) in [6.45, 7) is 1.44. The first-order chi connectivity index (χ1) is 22.8. The zero-order valence-electron chi connectivity index (χ0n) is 25.8. The van der Waals surface area contributed by atoms with Crippen molar-refractivity contribution in [3.63, 3.8) is 0 Å². The molecule has 5 rings (SSSR count). The number of hydrogen-bond acceptors (Lipinski definition) is 7. The number of carboxylic acids is 1. The predicted octanol–water partition coefficient (Wildman–Crippen LogP) is 2.95. The molecule has 1 saturated heterocycles. The van der Waals surface area contributed by atoms with Crippen molar-refractivity contribution in [2.24, 2.45) is 11.7 Å². The molecule has 0 radical (unpaired) electrons. The molecule has 1 amide bonds. The topological polar surface area (TPSA) is 212 Å². The van der Waals surface area contributed by atoms with E-state index in [9.17, 15) is 26.4 Å². The second kappa shape index (κ2) is 14.4. The third-order valence-corrected chi connectivity index (χ3v) is 11.0. The average molecular weight is 693 g/mol. The van der Waals surface area contributed by atoms with E-state index in [2.05, 4.69) is 14.8 Å². The van der Waals surface area contributed by atoms with Gasteiger partial charge in [0.05, 0.1) is 15.4 Å². The molecular formula is C33H36N6O7S2. The number of nitrogens with zero attached hydrogens (tertiary/aromatic N) is 1. The van der Waals surface area contributed by atoms with Crippen LogP contribution >= 0.6 is 0 Å². The number of aromatic carboxylic acids is 1. The number of carbonyl (C=O) groups excluding carboxylic acids is 1. The lowest BCUT2D eigenvalue weighted by molar-refractivity contribution is -0.123. The SMILES string of the molecule is N=C(N)N1CCC[C@@H](CNC(=O)[C@@H](Cc2ccc(NS(=O)(=O)c3ccc(C(=O)O)cc3)cc2)NS(=O)(=O)c2ccc3ccccc3c2)C1. The van der Waals surface area contributed by atoms with Crippen LogP contribution in [0.25, 0.3) is 10.8 Å². The van der Waals surface area contributed by atoms with Crippen LogP contribution < -0.4 is 20.5 Å². The number of rotatable bonds is 12. The molecule has 4 aromatic rings. The molecule has 15 heteroatoms. The van der Waals surface area contributed by atoms with Gasteiger partial charge >= 0.3 is 5.97 Å². The van der Waals surface area contributed by atoms with Crippen molar-refractivity contribution in [3.8, 4) is 0 Å². The van der Waals surface area contributed by atoms with E-state index in [0.717, 1.165) is 23.6 Å². The maximum Gasteiger partial charge on any atom is 0.335 e. The van der Waals surface area contributed by atoms with Gasteiger partial charge in [0, 0.05) is 25.3 Å². The Balaban J connectivity index is 1.33. The Morgan fingerprint density at radius 1 is 0.896 bits per heavy atom. The molecule has 0 aliphatic carbocycles. The van der Waals surface area contributed by atoms with Gasteiger partial charge in [-0.2, -0.15) is 4.72 Å². The number of benzene rings is 4. The van der Waals surface area contributed by atoms with Gasteiger partial charge in [0.2, 0.25) is 15.9 Å². The fraction of sp³-hybridized carbons (Fsp3) is 0.242. The van der Waals surface area contributed by atoms with Crippen molar-refractivity contribution < 1.29 is 31.5 Å². The van der Waals surface area contributed by atoms with E-state index in [0.29, 0.717) is 18.7 Å². The first-order valence-corrected chi connectivity index (χ1v) is 18.1. The van der Waals surface area contributed by atoms with E-state index >= 15 is 0 Å². The molecule has 0 bridgehead atoms. The number of fused-ring (bicyclic) bond motifs is 1. The second-order valence-corrected chi connectivity index (χ2v) is 15.0. The van der Waals surface area contributed by atoms with Gasteiger partial charge in [0.25, 0.3) is 10.0 Å². The molecule has 48 heavy (non-hydrogen) atoms. The summed E-state index contributed by atoms with van der Waals surface area (Å²) in [7, 11) is -8.17. The number of nitrogens with one attached hydrogen (secondary N) is 4. The standard InChI is InChI=1S/C33H36N6O7S2/c34-33(35)39-17-3-4-23(21-39)20-36-31(40)30(38-48(45,46)29-16-9-24-5-1-2-6-26(24)19-29)18-22-7-12-27(13-8-22)37-47(43,44)28-14-10-25(11-15-28)32(41)42/h1-2,5-16,19,23,30,37-38H,3-4,17-18,20-21H2,(H3,34,35)(H,36,40)(H,41,42)/t23-,30+/m0/s1. The molecule has 13 nitrogen and oxygen atoms in total. The van der Waals surface area contributed by atoms with Gasteiger partial charge in [-0.15, -0.1) is 0 Å². The molecule has 1 aliphatic rings. The Morgan fingerprint density at radius 3 is 2.23 bits per heavy atom. The van der Waals surface area contributed by atoms with Gasteiger partial charge in [0.15, 0.2) is 5.96 Å².